The standard InChI is InChI=1S/C25H27Cl3N2/c26-22-10-8-20(9-11-22)7-4-14-30(15-12-19-5-2-1-3-6-19)16-13-21-17-23(27)25(29)24(28)18-21/h1-3,5-6,8-11,17-18H,4,7,12-16,29H2. The summed E-state index contributed by atoms with van der Waals surface area (Å²) in [6.45, 7) is 3.00. The highest BCUT2D eigenvalue weighted by molar-refractivity contribution is 6.38. The van der Waals surface area contributed by atoms with Crippen LogP contribution < -0.4 is 5.73 Å². The summed E-state index contributed by atoms with van der Waals surface area (Å²) in [5.74, 6) is 0. The van der Waals surface area contributed by atoms with Gasteiger partial charge < -0.3 is 10.6 Å². The Kier molecular flexibility index (Phi) is 8.89. The molecule has 0 fully saturated rings. The molecule has 5 heteroatoms. The van der Waals surface area contributed by atoms with Gasteiger partial charge in [-0.3, -0.25) is 0 Å². The van der Waals surface area contributed by atoms with Gasteiger partial charge in [-0.05, 0) is 73.2 Å². The number of hydrogen-bond acceptors (Lipinski definition) is 2. The van der Waals surface area contributed by atoms with E-state index in [-0.39, 0.29) is 0 Å². The summed E-state index contributed by atoms with van der Waals surface area (Å²) in [4.78, 5) is 2.51. The monoisotopic (exact) mass is 460 g/mol. The maximum atomic E-state index is 6.21. The lowest BCUT2D eigenvalue weighted by atomic mass is 10.1. The molecule has 0 aliphatic rings. The zero-order chi connectivity index (χ0) is 21.3. The van der Waals surface area contributed by atoms with Crippen molar-refractivity contribution in [1.82, 2.24) is 4.90 Å². The molecular weight excluding hydrogens is 435 g/mol. The van der Waals surface area contributed by atoms with Crippen LogP contribution >= 0.6 is 34.8 Å². The first-order valence-electron chi connectivity index (χ1n) is 10.3. The topological polar surface area (TPSA) is 29.3 Å². The second kappa shape index (κ2) is 11.6. The van der Waals surface area contributed by atoms with Crippen LogP contribution in [0.4, 0.5) is 5.69 Å². The summed E-state index contributed by atoms with van der Waals surface area (Å²) in [5, 5.41) is 1.83. The number of anilines is 1. The van der Waals surface area contributed by atoms with Gasteiger partial charge in [-0.2, -0.15) is 0 Å². The first kappa shape index (κ1) is 23.0. The number of nitrogen functional groups attached to an aromatic ring is 1. The number of benzene rings is 3. The highest BCUT2D eigenvalue weighted by atomic mass is 35.5. The minimum Gasteiger partial charge on any atom is -0.396 e. The Balaban J connectivity index is 1.58. The van der Waals surface area contributed by atoms with Crippen molar-refractivity contribution < 1.29 is 0 Å². The van der Waals surface area contributed by atoms with Crippen LogP contribution in [0.5, 0.6) is 0 Å². The van der Waals surface area contributed by atoms with E-state index in [1.165, 1.54) is 11.1 Å². The van der Waals surface area contributed by atoms with Crippen molar-refractivity contribution in [2.45, 2.75) is 25.7 Å². The van der Waals surface area contributed by atoms with Crippen molar-refractivity contribution in [3.05, 3.63) is 98.5 Å². The summed E-state index contributed by atoms with van der Waals surface area (Å²) < 4.78 is 0. The van der Waals surface area contributed by atoms with E-state index in [1.54, 1.807) is 0 Å². The van der Waals surface area contributed by atoms with Crippen LogP contribution in [0.2, 0.25) is 15.1 Å². The number of halogens is 3. The molecule has 158 valence electrons. The lowest BCUT2D eigenvalue weighted by molar-refractivity contribution is 0.277. The molecule has 0 aliphatic heterocycles. The predicted molar refractivity (Wildman–Crippen MR) is 131 cm³/mol. The largest absolute Gasteiger partial charge is 0.396 e. The quantitative estimate of drug-likeness (QED) is 0.331. The molecule has 3 rings (SSSR count). The van der Waals surface area contributed by atoms with Crippen LogP contribution in [-0.4, -0.2) is 24.5 Å². The highest BCUT2D eigenvalue weighted by Crippen LogP contribution is 2.29. The number of aryl methyl sites for hydroxylation is 1. The summed E-state index contributed by atoms with van der Waals surface area (Å²) in [7, 11) is 0. The average Bonchev–Trinajstić information content (AvgIpc) is 2.75. The Morgan fingerprint density at radius 1 is 0.633 bits per heavy atom. The zero-order valence-electron chi connectivity index (χ0n) is 17.0. The Labute approximate surface area is 194 Å². The SMILES string of the molecule is Nc1c(Cl)cc(CCN(CCCc2ccc(Cl)cc2)CCc2ccccc2)cc1Cl. The maximum absolute atomic E-state index is 6.21. The molecule has 0 heterocycles. The van der Waals surface area contributed by atoms with Gasteiger partial charge in [0, 0.05) is 18.1 Å². The molecule has 3 aromatic carbocycles. The van der Waals surface area contributed by atoms with Crippen LogP contribution in [0.25, 0.3) is 0 Å². The third kappa shape index (κ3) is 7.21. The molecule has 0 radical (unpaired) electrons. The van der Waals surface area contributed by atoms with E-state index in [1.807, 2.05) is 24.3 Å². The van der Waals surface area contributed by atoms with Gasteiger partial charge >= 0.3 is 0 Å². The van der Waals surface area contributed by atoms with Crippen LogP contribution in [0.1, 0.15) is 23.1 Å². The fraction of sp³-hybridized carbons (Fsp3) is 0.280. The zero-order valence-corrected chi connectivity index (χ0v) is 19.2. The molecule has 0 atom stereocenters. The highest BCUT2D eigenvalue weighted by Gasteiger charge is 2.09. The minimum absolute atomic E-state index is 0.450. The third-order valence-corrected chi connectivity index (χ3v) is 6.15. The van der Waals surface area contributed by atoms with Gasteiger partial charge in [0.15, 0.2) is 0 Å². The lowest BCUT2D eigenvalue weighted by Crippen LogP contribution is -2.30. The fourth-order valence-electron chi connectivity index (χ4n) is 3.49. The summed E-state index contributed by atoms with van der Waals surface area (Å²) >= 11 is 18.4. The van der Waals surface area contributed by atoms with Gasteiger partial charge in [-0.15, -0.1) is 0 Å². The van der Waals surface area contributed by atoms with E-state index in [0.717, 1.165) is 55.9 Å². The van der Waals surface area contributed by atoms with Crippen LogP contribution in [0.15, 0.2) is 66.7 Å². The Bertz CT molecular complexity index is 904. The van der Waals surface area contributed by atoms with Crippen molar-refractivity contribution in [3.63, 3.8) is 0 Å². The fourth-order valence-corrected chi connectivity index (χ4v) is 4.15. The van der Waals surface area contributed by atoms with Crippen LogP contribution in [0, 0.1) is 0 Å². The molecule has 2 N–H and O–H groups in total. The van der Waals surface area contributed by atoms with E-state index in [4.69, 9.17) is 40.5 Å². The van der Waals surface area contributed by atoms with Crippen molar-refractivity contribution in [1.29, 1.82) is 0 Å². The van der Waals surface area contributed by atoms with Crippen LogP contribution in [-0.2, 0) is 19.3 Å². The average molecular weight is 462 g/mol. The Hall–Kier alpha value is -1.71. The predicted octanol–water partition coefficient (Wildman–Crippen LogP) is 6.95. The summed E-state index contributed by atoms with van der Waals surface area (Å²) in [5.41, 5.74) is 10.1. The maximum Gasteiger partial charge on any atom is 0.0693 e. The lowest BCUT2D eigenvalue weighted by Gasteiger charge is -2.23. The molecule has 0 saturated heterocycles. The molecule has 0 spiro atoms. The van der Waals surface area contributed by atoms with Crippen LogP contribution in [0.3, 0.4) is 0 Å². The van der Waals surface area contributed by atoms with Gasteiger partial charge in [0.25, 0.3) is 0 Å². The Morgan fingerprint density at radius 2 is 1.20 bits per heavy atom. The molecule has 3 aromatic rings. The van der Waals surface area contributed by atoms with Crippen molar-refractivity contribution in [3.8, 4) is 0 Å². The van der Waals surface area contributed by atoms with Gasteiger partial charge in [0.1, 0.15) is 0 Å². The first-order valence-corrected chi connectivity index (χ1v) is 11.4. The van der Waals surface area contributed by atoms with E-state index in [2.05, 4.69) is 47.4 Å². The van der Waals surface area contributed by atoms with Crippen molar-refractivity contribution in [2.24, 2.45) is 0 Å². The molecular formula is C25H27Cl3N2. The summed E-state index contributed by atoms with van der Waals surface area (Å²) in [6, 6.07) is 22.6. The van der Waals surface area contributed by atoms with E-state index < -0.39 is 0 Å². The molecule has 0 aliphatic carbocycles. The van der Waals surface area contributed by atoms with Gasteiger partial charge in [-0.1, -0.05) is 77.3 Å². The molecule has 0 unspecified atom stereocenters. The third-order valence-electron chi connectivity index (χ3n) is 5.27. The smallest absolute Gasteiger partial charge is 0.0693 e. The molecule has 0 amide bonds. The van der Waals surface area contributed by atoms with Gasteiger partial charge in [-0.25, -0.2) is 0 Å². The van der Waals surface area contributed by atoms with E-state index in [9.17, 15) is 0 Å². The molecule has 0 aromatic heterocycles. The first-order chi connectivity index (χ1) is 14.5. The van der Waals surface area contributed by atoms with Gasteiger partial charge in [0.05, 0.1) is 15.7 Å². The number of rotatable bonds is 10. The minimum atomic E-state index is 0.450. The molecule has 0 bridgehead atoms. The second-order valence-electron chi connectivity index (χ2n) is 7.53. The molecule has 30 heavy (non-hydrogen) atoms. The second-order valence-corrected chi connectivity index (χ2v) is 8.78. The summed E-state index contributed by atoms with van der Waals surface area (Å²) in [6.07, 6.45) is 4.05. The van der Waals surface area contributed by atoms with Gasteiger partial charge in [0.2, 0.25) is 0 Å². The van der Waals surface area contributed by atoms with Crippen molar-refractivity contribution in [2.75, 3.05) is 25.4 Å². The van der Waals surface area contributed by atoms with E-state index in [0.29, 0.717) is 15.7 Å². The Morgan fingerprint density at radius 3 is 1.83 bits per heavy atom. The van der Waals surface area contributed by atoms with Crippen molar-refractivity contribution >= 4 is 40.5 Å². The molecule has 2 nitrogen and oxygen atoms in total. The molecule has 0 saturated carbocycles. The number of nitrogens with zero attached hydrogens (tertiary/aromatic N) is 1. The number of nitrogens with two attached hydrogens (primary N) is 1. The normalized spacial score (nSPS) is 11.2. The van der Waals surface area contributed by atoms with E-state index >= 15 is 0 Å². The number of hydrogen-bond donors (Lipinski definition) is 1.